The molecule has 7 heteroatoms. The highest BCUT2D eigenvalue weighted by Gasteiger charge is 2.18. The van der Waals surface area contributed by atoms with Gasteiger partial charge in [0.1, 0.15) is 12.4 Å². The summed E-state index contributed by atoms with van der Waals surface area (Å²) in [5.41, 5.74) is 7.72. The fourth-order valence-electron chi connectivity index (χ4n) is 2.33. The maximum Gasteiger partial charge on any atom is 0.144 e. The molecule has 0 saturated heterocycles. The van der Waals surface area contributed by atoms with Gasteiger partial charge in [0.15, 0.2) is 0 Å². The molecule has 0 aromatic heterocycles. The molecule has 0 spiro atoms. The number of nitrogens with two attached hydrogens (primary N) is 1. The third-order valence-corrected chi connectivity index (χ3v) is 3.52. The molecule has 0 bridgehead atoms. The Labute approximate surface area is 139 Å². The normalized spacial score (nSPS) is 12.4. The fraction of sp³-hybridized carbons (Fsp3) is 0.571. The van der Waals surface area contributed by atoms with Crippen LogP contribution in [0.5, 0.6) is 5.75 Å². The van der Waals surface area contributed by atoms with Crippen LogP contribution in [-0.2, 0) is 0 Å². The van der Waals surface area contributed by atoms with Gasteiger partial charge in [-0.1, -0.05) is 13.8 Å². The molecule has 1 heterocycles. The Morgan fingerprint density at radius 3 is 2.52 bits per heavy atom. The number of hydrogen-bond donors (Lipinski definition) is 1. The highest BCUT2D eigenvalue weighted by Crippen LogP contribution is 2.32. The number of anilines is 2. The molecule has 5 nitrogen and oxygen atoms in total. The SMILES string of the molecule is CCN(CC)CCN1CCOc2cc(N)ccc21.Cl.Cl.O. The Morgan fingerprint density at radius 1 is 1.24 bits per heavy atom. The molecule has 2 rings (SSSR count). The van der Waals surface area contributed by atoms with E-state index < -0.39 is 0 Å². The molecule has 124 valence electrons. The molecule has 1 aromatic carbocycles. The summed E-state index contributed by atoms with van der Waals surface area (Å²) in [6.07, 6.45) is 0. The van der Waals surface area contributed by atoms with Crippen molar-refractivity contribution in [3.8, 4) is 5.75 Å². The minimum absolute atomic E-state index is 0. The molecule has 1 aliphatic heterocycles. The van der Waals surface area contributed by atoms with E-state index in [-0.39, 0.29) is 30.3 Å². The van der Waals surface area contributed by atoms with Crippen LogP contribution in [0, 0.1) is 0 Å². The fourth-order valence-corrected chi connectivity index (χ4v) is 2.33. The predicted molar refractivity (Wildman–Crippen MR) is 94.5 cm³/mol. The van der Waals surface area contributed by atoms with Crippen LogP contribution in [0.3, 0.4) is 0 Å². The molecule has 0 unspecified atom stereocenters. The maximum absolute atomic E-state index is 5.79. The van der Waals surface area contributed by atoms with E-state index in [0.717, 1.165) is 50.8 Å². The lowest BCUT2D eigenvalue weighted by molar-refractivity contribution is 0.286. The molecular formula is C14H27Cl2N3O2. The summed E-state index contributed by atoms with van der Waals surface area (Å²) in [6, 6.07) is 5.92. The van der Waals surface area contributed by atoms with Crippen molar-refractivity contribution in [1.29, 1.82) is 0 Å². The smallest absolute Gasteiger partial charge is 0.144 e. The van der Waals surface area contributed by atoms with Gasteiger partial charge in [-0.3, -0.25) is 0 Å². The van der Waals surface area contributed by atoms with E-state index in [9.17, 15) is 0 Å². The summed E-state index contributed by atoms with van der Waals surface area (Å²) < 4.78 is 5.66. The molecule has 0 aliphatic carbocycles. The Morgan fingerprint density at radius 2 is 1.90 bits per heavy atom. The molecule has 0 amide bonds. The maximum atomic E-state index is 5.79. The van der Waals surface area contributed by atoms with Gasteiger partial charge in [-0.05, 0) is 25.2 Å². The van der Waals surface area contributed by atoms with Crippen molar-refractivity contribution in [1.82, 2.24) is 4.90 Å². The minimum atomic E-state index is 0. The Balaban J connectivity index is 0. The summed E-state index contributed by atoms with van der Waals surface area (Å²) >= 11 is 0. The number of fused-ring (bicyclic) bond motifs is 1. The third kappa shape index (κ3) is 5.79. The molecular weight excluding hydrogens is 313 g/mol. The summed E-state index contributed by atoms with van der Waals surface area (Å²) in [5.74, 6) is 0.917. The lowest BCUT2D eigenvalue weighted by Crippen LogP contribution is -2.39. The molecule has 0 saturated carbocycles. The standard InChI is InChI=1S/C14H23N3O.2ClH.H2O/c1-3-16(4-2)7-8-17-9-10-18-14-11-12(15)5-6-13(14)17;;;/h5-6,11H,3-4,7-10,15H2,1-2H3;2*1H;1H2. The second kappa shape index (κ2) is 10.8. The number of likely N-dealkylation sites (N-methyl/N-ethyl adjacent to an activating group) is 1. The average molecular weight is 340 g/mol. The van der Waals surface area contributed by atoms with Crippen LogP contribution < -0.4 is 15.4 Å². The van der Waals surface area contributed by atoms with Crippen molar-refractivity contribution in [2.75, 3.05) is 50.0 Å². The molecule has 1 aromatic rings. The van der Waals surface area contributed by atoms with Gasteiger partial charge in [-0.15, -0.1) is 24.8 Å². The first-order valence-electron chi connectivity index (χ1n) is 6.74. The van der Waals surface area contributed by atoms with E-state index >= 15 is 0 Å². The molecule has 1 aliphatic rings. The number of hydrogen-bond acceptors (Lipinski definition) is 4. The van der Waals surface area contributed by atoms with Gasteiger partial charge in [0.05, 0.1) is 12.2 Å². The van der Waals surface area contributed by atoms with Crippen LogP contribution in [0.15, 0.2) is 18.2 Å². The Bertz CT molecular complexity index is 404. The first-order chi connectivity index (χ1) is 8.74. The number of ether oxygens (including phenoxy) is 1. The summed E-state index contributed by atoms with van der Waals surface area (Å²) in [4.78, 5) is 4.82. The zero-order valence-corrected chi connectivity index (χ0v) is 14.3. The van der Waals surface area contributed by atoms with Crippen molar-refractivity contribution in [2.45, 2.75) is 13.8 Å². The van der Waals surface area contributed by atoms with E-state index in [4.69, 9.17) is 10.5 Å². The minimum Gasteiger partial charge on any atom is -0.489 e. The van der Waals surface area contributed by atoms with Crippen molar-refractivity contribution >= 4 is 36.2 Å². The quantitative estimate of drug-likeness (QED) is 0.830. The zero-order chi connectivity index (χ0) is 13.0. The summed E-state index contributed by atoms with van der Waals surface area (Å²) in [5, 5.41) is 0. The number of benzene rings is 1. The second-order valence-corrected chi connectivity index (χ2v) is 4.59. The molecule has 0 fully saturated rings. The Hall–Kier alpha value is -0.880. The zero-order valence-electron chi connectivity index (χ0n) is 12.7. The lowest BCUT2D eigenvalue weighted by atomic mass is 10.2. The van der Waals surface area contributed by atoms with Crippen LogP contribution in [-0.4, -0.2) is 49.7 Å². The van der Waals surface area contributed by atoms with Gasteiger partial charge >= 0.3 is 0 Å². The summed E-state index contributed by atoms with van der Waals surface area (Å²) in [7, 11) is 0. The first kappa shape index (κ1) is 22.4. The largest absolute Gasteiger partial charge is 0.489 e. The monoisotopic (exact) mass is 339 g/mol. The van der Waals surface area contributed by atoms with E-state index in [1.54, 1.807) is 0 Å². The molecule has 21 heavy (non-hydrogen) atoms. The predicted octanol–water partition coefficient (Wildman–Crippen LogP) is 1.83. The molecule has 0 radical (unpaired) electrons. The van der Waals surface area contributed by atoms with Crippen LogP contribution in [0.4, 0.5) is 11.4 Å². The van der Waals surface area contributed by atoms with E-state index in [1.807, 2.05) is 12.1 Å². The highest BCUT2D eigenvalue weighted by molar-refractivity contribution is 5.85. The average Bonchev–Trinajstić information content (AvgIpc) is 2.39. The topological polar surface area (TPSA) is 73.2 Å². The first-order valence-corrected chi connectivity index (χ1v) is 6.74. The van der Waals surface area contributed by atoms with Gasteiger partial charge in [-0.2, -0.15) is 0 Å². The van der Waals surface area contributed by atoms with Crippen LogP contribution in [0.1, 0.15) is 13.8 Å². The van der Waals surface area contributed by atoms with Crippen molar-refractivity contribution in [3.05, 3.63) is 18.2 Å². The van der Waals surface area contributed by atoms with Gasteiger partial charge in [0, 0.05) is 24.8 Å². The van der Waals surface area contributed by atoms with Crippen molar-refractivity contribution < 1.29 is 10.2 Å². The van der Waals surface area contributed by atoms with Crippen molar-refractivity contribution in [3.63, 3.8) is 0 Å². The van der Waals surface area contributed by atoms with Gasteiger partial charge in [-0.25, -0.2) is 0 Å². The van der Waals surface area contributed by atoms with E-state index in [1.165, 1.54) is 5.69 Å². The lowest BCUT2D eigenvalue weighted by Gasteiger charge is -2.33. The number of rotatable bonds is 5. The number of nitrogen functional groups attached to an aromatic ring is 1. The third-order valence-electron chi connectivity index (χ3n) is 3.52. The molecule has 0 atom stereocenters. The van der Waals surface area contributed by atoms with Crippen molar-refractivity contribution in [2.24, 2.45) is 0 Å². The number of halogens is 2. The van der Waals surface area contributed by atoms with Crippen LogP contribution >= 0.6 is 24.8 Å². The number of nitrogens with zero attached hydrogens (tertiary/aromatic N) is 2. The Kier molecular flexibility index (Phi) is 11.5. The van der Waals surface area contributed by atoms with Crippen LogP contribution in [0.25, 0.3) is 0 Å². The van der Waals surface area contributed by atoms with Gasteiger partial charge < -0.3 is 25.7 Å². The summed E-state index contributed by atoms with van der Waals surface area (Å²) in [6.45, 7) is 10.5. The highest BCUT2D eigenvalue weighted by atomic mass is 35.5. The van der Waals surface area contributed by atoms with E-state index in [0.29, 0.717) is 0 Å². The second-order valence-electron chi connectivity index (χ2n) is 4.59. The van der Waals surface area contributed by atoms with E-state index in [2.05, 4.69) is 29.7 Å². The van der Waals surface area contributed by atoms with Gasteiger partial charge in [0.2, 0.25) is 0 Å². The van der Waals surface area contributed by atoms with Gasteiger partial charge in [0.25, 0.3) is 0 Å². The van der Waals surface area contributed by atoms with Crippen LogP contribution in [0.2, 0.25) is 0 Å². The molecule has 4 N–H and O–H groups in total.